The summed E-state index contributed by atoms with van der Waals surface area (Å²) in [5, 5.41) is 2.80. The zero-order valence-corrected chi connectivity index (χ0v) is 13.2. The van der Waals surface area contributed by atoms with Gasteiger partial charge in [0.1, 0.15) is 5.75 Å². The Balaban J connectivity index is 2.29. The van der Waals surface area contributed by atoms with Gasteiger partial charge >= 0.3 is 0 Å². The molecule has 4 nitrogen and oxygen atoms in total. The van der Waals surface area contributed by atoms with E-state index in [1.807, 2.05) is 38.1 Å². The highest BCUT2D eigenvalue weighted by molar-refractivity contribution is 8.00. The Morgan fingerprint density at radius 3 is 2.65 bits per heavy atom. The Labute approximate surface area is 125 Å². The third-order valence-electron chi connectivity index (χ3n) is 2.71. The number of rotatable bonds is 9. The number of hydrogen-bond donors (Lipinski definition) is 1. The summed E-state index contributed by atoms with van der Waals surface area (Å²) in [6.45, 7) is 5.94. The molecule has 0 unspecified atom stereocenters. The minimum Gasteiger partial charge on any atom is -0.497 e. The minimum atomic E-state index is -0.115. The summed E-state index contributed by atoms with van der Waals surface area (Å²) in [6.07, 6.45) is 0.847. The Morgan fingerprint density at radius 2 is 2.05 bits per heavy atom. The number of methoxy groups -OCH3 is 1. The van der Waals surface area contributed by atoms with Gasteiger partial charge < -0.3 is 14.8 Å². The Morgan fingerprint density at radius 1 is 1.35 bits per heavy atom. The fraction of sp³-hybridized carbons (Fsp3) is 0.533. The lowest BCUT2D eigenvalue weighted by Crippen LogP contribution is -2.32. The second kappa shape index (κ2) is 9.66. The minimum absolute atomic E-state index is 0.0577. The maximum Gasteiger partial charge on any atom is 0.233 e. The number of carbonyl (C=O) groups excluding carboxylic acids is 1. The molecule has 0 spiro atoms. The topological polar surface area (TPSA) is 47.6 Å². The number of hydrogen-bond acceptors (Lipinski definition) is 4. The second-order valence-electron chi connectivity index (χ2n) is 4.28. The molecule has 0 aliphatic carbocycles. The summed E-state index contributed by atoms with van der Waals surface area (Å²) in [7, 11) is 1.64. The predicted molar refractivity (Wildman–Crippen MR) is 82.4 cm³/mol. The van der Waals surface area contributed by atoms with Gasteiger partial charge in [-0.2, -0.15) is 0 Å². The van der Waals surface area contributed by atoms with E-state index in [2.05, 4.69) is 5.32 Å². The van der Waals surface area contributed by atoms with Gasteiger partial charge in [0.05, 0.1) is 12.4 Å². The van der Waals surface area contributed by atoms with E-state index < -0.39 is 0 Å². The highest BCUT2D eigenvalue weighted by Crippen LogP contribution is 2.25. The average molecular weight is 297 g/mol. The highest BCUT2D eigenvalue weighted by atomic mass is 32.2. The Bertz CT molecular complexity index is 395. The molecule has 0 saturated carbocycles. The molecule has 0 saturated heterocycles. The molecule has 0 radical (unpaired) electrons. The lowest BCUT2D eigenvalue weighted by Gasteiger charge is -2.12. The smallest absolute Gasteiger partial charge is 0.233 e. The normalized spacial score (nSPS) is 11.9. The SMILES string of the molecule is CCOCCCNC(=O)[C@H](C)Sc1ccc(OC)cc1. The van der Waals surface area contributed by atoms with Crippen LogP contribution < -0.4 is 10.1 Å². The molecule has 0 aliphatic heterocycles. The van der Waals surface area contributed by atoms with Crippen molar-refractivity contribution < 1.29 is 14.3 Å². The first-order chi connectivity index (χ1) is 9.67. The third kappa shape index (κ3) is 6.30. The van der Waals surface area contributed by atoms with Crippen molar-refractivity contribution in [2.45, 2.75) is 30.4 Å². The number of ether oxygens (including phenoxy) is 2. The molecule has 5 heteroatoms. The zero-order valence-electron chi connectivity index (χ0n) is 12.3. The van der Waals surface area contributed by atoms with Crippen molar-refractivity contribution in [3.05, 3.63) is 24.3 Å². The molecule has 1 atom stereocenters. The van der Waals surface area contributed by atoms with E-state index >= 15 is 0 Å². The van der Waals surface area contributed by atoms with Crippen LogP contribution in [-0.2, 0) is 9.53 Å². The summed E-state index contributed by atoms with van der Waals surface area (Å²) < 4.78 is 10.3. The van der Waals surface area contributed by atoms with Gasteiger partial charge in [0.2, 0.25) is 5.91 Å². The Hall–Kier alpha value is -1.20. The van der Waals surface area contributed by atoms with Gasteiger partial charge in [-0.25, -0.2) is 0 Å². The molecule has 1 N–H and O–H groups in total. The van der Waals surface area contributed by atoms with Crippen LogP contribution in [0.15, 0.2) is 29.2 Å². The van der Waals surface area contributed by atoms with Crippen LogP contribution in [-0.4, -0.2) is 38.0 Å². The van der Waals surface area contributed by atoms with Crippen LogP contribution in [0, 0.1) is 0 Å². The molecule has 0 aliphatic rings. The lowest BCUT2D eigenvalue weighted by molar-refractivity contribution is -0.120. The predicted octanol–water partition coefficient (Wildman–Crippen LogP) is 2.72. The molecule has 1 aromatic carbocycles. The average Bonchev–Trinajstić information content (AvgIpc) is 2.47. The van der Waals surface area contributed by atoms with Gasteiger partial charge in [0, 0.05) is 24.7 Å². The largest absolute Gasteiger partial charge is 0.497 e. The van der Waals surface area contributed by atoms with Gasteiger partial charge in [-0.3, -0.25) is 4.79 Å². The van der Waals surface area contributed by atoms with Crippen molar-refractivity contribution in [2.75, 3.05) is 26.9 Å². The van der Waals surface area contributed by atoms with Crippen molar-refractivity contribution in [3.63, 3.8) is 0 Å². The van der Waals surface area contributed by atoms with Crippen LogP contribution >= 0.6 is 11.8 Å². The number of amides is 1. The van der Waals surface area contributed by atoms with E-state index in [1.54, 1.807) is 18.9 Å². The van der Waals surface area contributed by atoms with E-state index in [0.717, 1.165) is 23.7 Å². The maximum atomic E-state index is 11.9. The van der Waals surface area contributed by atoms with Gasteiger partial charge in [0.25, 0.3) is 0 Å². The molecular formula is C15H23NO3S. The molecule has 0 heterocycles. The number of carbonyl (C=O) groups is 1. The molecule has 20 heavy (non-hydrogen) atoms. The standard InChI is InChI=1S/C15H23NO3S/c1-4-19-11-5-10-16-15(17)12(2)20-14-8-6-13(18-3)7-9-14/h6-9,12H,4-5,10-11H2,1-3H3,(H,16,17)/t12-/m0/s1. The highest BCUT2D eigenvalue weighted by Gasteiger charge is 2.13. The monoisotopic (exact) mass is 297 g/mol. The van der Waals surface area contributed by atoms with Crippen LogP contribution in [0.1, 0.15) is 20.3 Å². The van der Waals surface area contributed by atoms with Crippen molar-refractivity contribution >= 4 is 17.7 Å². The Kier molecular flexibility index (Phi) is 8.14. The molecule has 1 aromatic rings. The first-order valence-electron chi connectivity index (χ1n) is 6.83. The van der Waals surface area contributed by atoms with Crippen molar-refractivity contribution in [2.24, 2.45) is 0 Å². The van der Waals surface area contributed by atoms with Crippen molar-refractivity contribution in [3.8, 4) is 5.75 Å². The molecule has 1 rings (SSSR count). The molecule has 0 fully saturated rings. The van der Waals surface area contributed by atoms with E-state index in [9.17, 15) is 4.79 Å². The summed E-state index contributed by atoms with van der Waals surface area (Å²) >= 11 is 1.54. The van der Waals surface area contributed by atoms with Gasteiger partial charge in [0.15, 0.2) is 0 Å². The second-order valence-corrected chi connectivity index (χ2v) is 5.69. The lowest BCUT2D eigenvalue weighted by atomic mass is 10.3. The van der Waals surface area contributed by atoms with Crippen molar-refractivity contribution in [1.82, 2.24) is 5.32 Å². The van der Waals surface area contributed by atoms with Crippen LogP contribution in [0.25, 0.3) is 0 Å². The maximum absolute atomic E-state index is 11.9. The fourth-order valence-corrected chi connectivity index (χ4v) is 2.48. The van der Waals surface area contributed by atoms with E-state index in [0.29, 0.717) is 13.2 Å². The van der Waals surface area contributed by atoms with E-state index in [-0.39, 0.29) is 11.2 Å². The molecule has 1 amide bonds. The number of nitrogens with one attached hydrogen (secondary N) is 1. The van der Waals surface area contributed by atoms with Crippen molar-refractivity contribution in [1.29, 1.82) is 0 Å². The molecular weight excluding hydrogens is 274 g/mol. The molecule has 112 valence electrons. The van der Waals surface area contributed by atoms with Gasteiger partial charge in [-0.1, -0.05) is 0 Å². The summed E-state index contributed by atoms with van der Waals surface area (Å²) in [5.41, 5.74) is 0. The third-order valence-corrected chi connectivity index (χ3v) is 3.82. The number of benzene rings is 1. The summed E-state index contributed by atoms with van der Waals surface area (Å²) in [4.78, 5) is 13.0. The van der Waals surface area contributed by atoms with E-state index in [4.69, 9.17) is 9.47 Å². The van der Waals surface area contributed by atoms with Crippen LogP contribution in [0.5, 0.6) is 5.75 Å². The van der Waals surface area contributed by atoms with Crippen LogP contribution in [0.4, 0.5) is 0 Å². The van der Waals surface area contributed by atoms with Gasteiger partial charge in [-0.05, 0) is 44.5 Å². The van der Waals surface area contributed by atoms with Crippen LogP contribution in [0.3, 0.4) is 0 Å². The summed E-state index contributed by atoms with van der Waals surface area (Å²) in [6, 6.07) is 7.72. The first-order valence-corrected chi connectivity index (χ1v) is 7.71. The van der Waals surface area contributed by atoms with E-state index in [1.165, 1.54) is 0 Å². The first kappa shape index (κ1) is 16.9. The molecule has 0 bridgehead atoms. The van der Waals surface area contributed by atoms with Gasteiger partial charge in [-0.15, -0.1) is 11.8 Å². The fourth-order valence-electron chi connectivity index (χ4n) is 1.59. The quantitative estimate of drug-likeness (QED) is 0.562. The zero-order chi connectivity index (χ0) is 14.8. The number of thioether (sulfide) groups is 1. The summed E-state index contributed by atoms with van der Waals surface area (Å²) in [5.74, 6) is 0.879. The molecule has 0 aromatic heterocycles. The van der Waals surface area contributed by atoms with Crippen LogP contribution in [0.2, 0.25) is 0 Å².